The van der Waals surface area contributed by atoms with Crippen LogP contribution in [-0.2, 0) is 11.2 Å². The fourth-order valence-corrected chi connectivity index (χ4v) is 5.98. The number of hydrogen-bond acceptors (Lipinski definition) is 10. The van der Waals surface area contributed by atoms with E-state index >= 15 is 0 Å². The number of rotatable bonds is 13. The molecule has 0 bridgehead atoms. The number of aromatic nitrogens is 3. The van der Waals surface area contributed by atoms with E-state index in [2.05, 4.69) is 25.2 Å². The Morgan fingerprint density at radius 3 is 2.68 bits per heavy atom. The van der Waals surface area contributed by atoms with Gasteiger partial charge in [-0.15, -0.1) is 11.3 Å². The van der Waals surface area contributed by atoms with Crippen LogP contribution in [0.4, 0.5) is 11.6 Å². The van der Waals surface area contributed by atoms with Crippen LogP contribution in [0.15, 0.2) is 30.6 Å². The van der Waals surface area contributed by atoms with E-state index < -0.39 is 5.60 Å². The molecule has 0 aliphatic carbocycles. The molecule has 9 nitrogen and oxygen atoms in total. The van der Waals surface area contributed by atoms with Crippen LogP contribution in [0.3, 0.4) is 0 Å². The Bertz CT molecular complexity index is 1370. The van der Waals surface area contributed by atoms with Crippen LogP contribution in [0.25, 0.3) is 0 Å². The Morgan fingerprint density at radius 1 is 1.27 bits per heavy atom. The molecule has 2 aromatic heterocycles. The van der Waals surface area contributed by atoms with Crippen LogP contribution >= 0.6 is 22.9 Å². The highest BCUT2D eigenvalue weighted by Gasteiger charge is 2.28. The Balaban J connectivity index is 1.32. The number of nitrogens with one attached hydrogen (secondary N) is 1. The fourth-order valence-electron chi connectivity index (χ4n) is 4.66. The molecule has 1 saturated heterocycles. The number of ether oxygens (including phenoxy) is 1. The van der Waals surface area contributed by atoms with Gasteiger partial charge in [0.15, 0.2) is 17.4 Å². The van der Waals surface area contributed by atoms with Gasteiger partial charge >= 0.3 is 0 Å². The number of carbonyl (C=O) groups is 2. The summed E-state index contributed by atoms with van der Waals surface area (Å²) in [7, 11) is 0. The molecule has 1 aliphatic rings. The summed E-state index contributed by atoms with van der Waals surface area (Å²) in [6, 6.07) is 7.91. The number of nitrogens with zero attached hydrogens (tertiary/aromatic N) is 4. The molecule has 2 atom stereocenters. The lowest BCUT2D eigenvalue weighted by molar-refractivity contribution is -0.118. The van der Waals surface area contributed by atoms with Crippen molar-refractivity contribution >= 4 is 46.1 Å². The highest BCUT2D eigenvalue weighted by Crippen LogP contribution is 2.33. The monoisotopic (exact) mass is 599 g/mol. The van der Waals surface area contributed by atoms with Gasteiger partial charge in [0.05, 0.1) is 29.1 Å². The summed E-state index contributed by atoms with van der Waals surface area (Å²) in [5.74, 6) is 2.10. The van der Waals surface area contributed by atoms with Crippen molar-refractivity contribution < 1.29 is 19.4 Å². The van der Waals surface area contributed by atoms with Gasteiger partial charge in [0, 0.05) is 32.4 Å². The first-order valence-electron chi connectivity index (χ1n) is 13.9. The molecule has 0 radical (unpaired) electrons. The lowest BCUT2D eigenvalue weighted by Crippen LogP contribution is -2.30. The standard InChI is InChI=1S/C30H38ClN5O4S/c1-6-21(37)14-25-35-19(3)27(41-25)24(38)13-18(2)20-7-9-22(10-8-20)40-23-11-12-36(15-23)29-26(31)28(33-17-34-29)32-16-30(4,5)39/h7-10,17-18,23,39H,6,11-16H2,1-5H3,(H,32,33,34)/t18-,23-/m1/s1. The van der Waals surface area contributed by atoms with Gasteiger partial charge in [0.25, 0.3) is 0 Å². The van der Waals surface area contributed by atoms with E-state index in [1.807, 2.05) is 45.0 Å². The molecule has 0 amide bonds. The Hall–Kier alpha value is -3.08. The number of ketones is 2. The van der Waals surface area contributed by atoms with Crippen molar-refractivity contribution in [3.8, 4) is 5.75 Å². The van der Waals surface area contributed by atoms with Crippen molar-refractivity contribution in [1.29, 1.82) is 0 Å². The second-order valence-corrected chi connectivity index (χ2v) is 12.7. The van der Waals surface area contributed by atoms with Crippen molar-refractivity contribution in [3.05, 3.63) is 56.8 Å². The number of halogens is 1. The molecule has 1 aliphatic heterocycles. The van der Waals surface area contributed by atoms with Crippen LogP contribution in [0.5, 0.6) is 5.75 Å². The predicted octanol–water partition coefficient (Wildman–Crippen LogP) is 5.63. The number of Topliss-reactive ketones (excluding diaryl/α,β-unsaturated/α-hetero) is 2. The molecule has 1 fully saturated rings. The molecule has 220 valence electrons. The topological polar surface area (TPSA) is 118 Å². The summed E-state index contributed by atoms with van der Waals surface area (Å²) < 4.78 is 6.26. The normalized spacial score (nSPS) is 16.1. The van der Waals surface area contributed by atoms with Crippen molar-refractivity contribution in [2.24, 2.45) is 0 Å². The number of aryl methyl sites for hydroxylation is 1. The summed E-state index contributed by atoms with van der Waals surface area (Å²) >= 11 is 7.93. The SMILES string of the molecule is CCC(=O)Cc1nc(C)c(C(=O)C[C@@H](C)c2ccc(O[C@@H]3CCN(c4ncnc(NCC(C)(C)O)c4Cl)C3)cc2)s1. The molecule has 0 unspecified atom stereocenters. The maximum absolute atomic E-state index is 13.0. The molecule has 2 N–H and O–H groups in total. The first-order valence-corrected chi connectivity index (χ1v) is 15.1. The van der Waals surface area contributed by atoms with Crippen LogP contribution in [0.1, 0.15) is 78.8 Å². The molecule has 41 heavy (non-hydrogen) atoms. The van der Waals surface area contributed by atoms with E-state index in [4.69, 9.17) is 16.3 Å². The van der Waals surface area contributed by atoms with Gasteiger partial charge < -0.3 is 20.1 Å². The molecule has 11 heteroatoms. The molecule has 3 aromatic rings. The predicted molar refractivity (Wildman–Crippen MR) is 163 cm³/mol. The minimum Gasteiger partial charge on any atom is -0.489 e. The summed E-state index contributed by atoms with van der Waals surface area (Å²) in [6.45, 7) is 10.8. The second kappa shape index (κ2) is 13.3. The number of aliphatic hydroxyl groups is 1. The van der Waals surface area contributed by atoms with Crippen LogP contribution in [0, 0.1) is 6.92 Å². The average molecular weight is 600 g/mol. The Morgan fingerprint density at radius 2 is 2.00 bits per heavy atom. The molecule has 0 saturated carbocycles. The fraction of sp³-hybridized carbons (Fsp3) is 0.500. The van der Waals surface area contributed by atoms with E-state index in [1.54, 1.807) is 13.8 Å². The summed E-state index contributed by atoms with van der Waals surface area (Å²) in [5.41, 5.74) is 0.858. The molecular weight excluding hydrogens is 562 g/mol. The minimum absolute atomic E-state index is 0.0262. The second-order valence-electron chi connectivity index (χ2n) is 11.2. The third-order valence-electron chi connectivity index (χ3n) is 6.98. The highest BCUT2D eigenvalue weighted by atomic mass is 35.5. The van der Waals surface area contributed by atoms with E-state index in [0.29, 0.717) is 64.6 Å². The van der Waals surface area contributed by atoms with Gasteiger partial charge in [-0.05, 0) is 44.4 Å². The Labute approximate surface area is 250 Å². The third-order valence-corrected chi connectivity index (χ3v) is 8.53. The first kappa shape index (κ1) is 30.9. The van der Waals surface area contributed by atoms with E-state index in [0.717, 1.165) is 24.3 Å². The zero-order chi connectivity index (χ0) is 29.7. The van der Waals surface area contributed by atoms with E-state index in [1.165, 1.54) is 17.7 Å². The minimum atomic E-state index is -0.898. The highest BCUT2D eigenvalue weighted by molar-refractivity contribution is 7.14. The quantitative estimate of drug-likeness (QED) is 0.241. The van der Waals surface area contributed by atoms with Crippen LogP contribution in [-0.4, -0.2) is 63.0 Å². The van der Waals surface area contributed by atoms with Gasteiger partial charge in [-0.3, -0.25) is 9.59 Å². The number of carbonyl (C=O) groups excluding carboxylic acids is 2. The number of benzene rings is 1. The molecule has 4 rings (SSSR count). The van der Waals surface area contributed by atoms with E-state index in [9.17, 15) is 14.7 Å². The molecular formula is C30H38ClN5O4S. The van der Waals surface area contributed by atoms with Gasteiger partial charge in [-0.2, -0.15) is 0 Å². The smallest absolute Gasteiger partial charge is 0.175 e. The van der Waals surface area contributed by atoms with Gasteiger partial charge in [-0.1, -0.05) is 37.6 Å². The zero-order valence-electron chi connectivity index (χ0n) is 24.2. The maximum Gasteiger partial charge on any atom is 0.175 e. The summed E-state index contributed by atoms with van der Waals surface area (Å²) in [4.78, 5) is 40.6. The molecule has 0 spiro atoms. The van der Waals surface area contributed by atoms with Crippen molar-refractivity contribution in [2.75, 3.05) is 29.9 Å². The zero-order valence-corrected chi connectivity index (χ0v) is 25.8. The van der Waals surface area contributed by atoms with Gasteiger partial charge in [0.2, 0.25) is 0 Å². The third kappa shape index (κ3) is 8.24. The first-order chi connectivity index (χ1) is 19.4. The molecule has 1 aromatic carbocycles. The van der Waals surface area contributed by atoms with E-state index in [-0.39, 0.29) is 23.6 Å². The van der Waals surface area contributed by atoms with Crippen molar-refractivity contribution in [2.45, 2.75) is 77.9 Å². The lowest BCUT2D eigenvalue weighted by atomic mass is 9.95. The van der Waals surface area contributed by atoms with Crippen molar-refractivity contribution in [1.82, 2.24) is 15.0 Å². The van der Waals surface area contributed by atoms with Crippen LogP contribution < -0.4 is 15.0 Å². The van der Waals surface area contributed by atoms with Gasteiger partial charge in [0.1, 0.15) is 34.0 Å². The molecule has 3 heterocycles. The largest absolute Gasteiger partial charge is 0.489 e. The number of anilines is 2. The number of hydrogen-bond donors (Lipinski definition) is 2. The average Bonchev–Trinajstić information content (AvgIpc) is 3.53. The van der Waals surface area contributed by atoms with Gasteiger partial charge in [-0.25, -0.2) is 15.0 Å². The van der Waals surface area contributed by atoms with Crippen molar-refractivity contribution in [3.63, 3.8) is 0 Å². The Kier molecular flexibility index (Phi) is 9.99. The number of thiazole rings is 1. The summed E-state index contributed by atoms with van der Waals surface area (Å²) in [5, 5.41) is 14.2. The summed E-state index contributed by atoms with van der Waals surface area (Å²) in [6.07, 6.45) is 3.39. The maximum atomic E-state index is 13.0. The lowest BCUT2D eigenvalue weighted by Gasteiger charge is -2.22. The van der Waals surface area contributed by atoms with Crippen LogP contribution in [0.2, 0.25) is 5.02 Å².